The highest BCUT2D eigenvalue weighted by atomic mass is 16.5. The summed E-state index contributed by atoms with van der Waals surface area (Å²) < 4.78 is 5.13. The lowest BCUT2D eigenvalue weighted by Gasteiger charge is -2.33. The molecule has 2 aliphatic rings. The van der Waals surface area contributed by atoms with Crippen molar-refractivity contribution in [1.82, 2.24) is 24.9 Å². The first kappa shape index (κ1) is 14.3. The van der Waals surface area contributed by atoms with Gasteiger partial charge in [-0.3, -0.25) is 14.7 Å². The summed E-state index contributed by atoms with van der Waals surface area (Å²) in [6.45, 7) is 3.90. The van der Waals surface area contributed by atoms with Crippen molar-refractivity contribution in [3.63, 3.8) is 0 Å². The van der Waals surface area contributed by atoms with Crippen LogP contribution in [0.2, 0.25) is 0 Å². The van der Waals surface area contributed by atoms with E-state index >= 15 is 0 Å². The molecule has 1 aliphatic heterocycles. The average Bonchev–Trinajstić information content (AvgIpc) is 3.33. The van der Waals surface area contributed by atoms with Crippen LogP contribution in [-0.2, 0) is 6.54 Å². The molecule has 3 heterocycles. The Morgan fingerprint density at radius 2 is 2.09 bits per heavy atom. The number of piperazine rings is 1. The van der Waals surface area contributed by atoms with Crippen LogP contribution in [-0.4, -0.2) is 57.0 Å². The van der Waals surface area contributed by atoms with Crippen molar-refractivity contribution in [3.05, 3.63) is 41.8 Å². The fraction of sp³-hybridized carbons (Fsp3) is 0.500. The predicted octanol–water partition coefficient (Wildman–Crippen LogP) is 1.30. The summed E-state index contributed by atoms with van der Waals surface area (Å²) in [5.74, 6) is 1.07. The van der Waals surface area contributed by atoms with E-state index in [0.29, 0.717) is 24.8 Å². The standard InChI is InChI=1S/C16H19N5O2/c22-16(15-18-14(19-23-15)13-3-4-13)21-8-6-20(7-9-21)11-12-2-1-5-17-10-12/h1-2,5,10,13H,3-4,6-9,11H2. The third kappa shape index (κ3) is 3.24. The number of carbonyl (C=O) groups is 1. The molecule has 1 amide bonds. The number of hydrogen-bond donors (Lipinski definition) is 0. The molecule has 1 saturated carbocycles. The lowest BCUT2D eigenvalue weighted by molar-refractivity contribution is 0.0581. The van der Waals surface area contributed by atoms with Gasteiger partial charge in [0.25, 0.3) is 0 Å². The first-order chi connectivity index (χ1) is 11.3. The molecule has 0 radical (unpaired) electrons. The number of aromatic nitrogens is 3. The van der Waals surface area contributed by atoms with Gasteiger partial charge in [0.1, 0.15) is 0 Å². The Bertz CT molecular complexity index is 675. The molecule has 2 fully saturated rings. The monoisotopic (exact) mass is 313 g/mol. The molecule has 0 atom stereocenters. The SMILES string of the molecule is O=C(c1nc(C2CC2)no1)N1CCN(Cc2cccnc2)CC1. The molecule has 0 bridgehead atoms. The van der Waals surface area contributed by atoms with Gasteiger partial charge in [0.2, 0.25) is 0 Å². The van der Waals surface area contributed by atoms with Gasteiger partial charge < -0.3 is 9.42 Å². The van der Waals surface area contributed by atoms with Crippen molar-refractivity contribution >= 4 is 5.91 Å². The number of pyridine rings is 1. The molecule has 7 nitrogen and oxygen atoms in total. The zero-order valence-corrected chi connectivity index (χ0v) is 12.9. The molecule has 23 heavy (non-hydrogen) atoms. The molecule has 0 unspecified atom stereocenters. The highest BCUT2D eigenvalue weighted by Gasteiger charge is 2.32. The molecule has 7 heteroatoms. The summed E-state index contributed by atoms with van der Waals surface area (Å²) in [4.78, 5) is 24.9. The molecule has 2 aromatic heterocycles. The molecule has 2 aromatic rings. The Hall–Kier alpha value is -2.28. The number of carbonyl (C=O) groups excluding carboxylic acids is 1. The van der Waals surface area contributed by atoms with E-state index in [0.717, 1.165) is 32.5 Å². The largest absolute Gasteiger partial charge is 0.332 e. The maximum Gasteiger partial charge on any atom is 0.316 e. The molecule has 120 valence electrons. The van der Waals surface area contributed by atoms with Crippen LogP contribution < -0.4 is 0 Å². The summed E-state index contributed by atoms with van der Waals surface area (Å²) in [6.07, 6.45) is 5.86. The second kappa shape index (κ2) is 6.08. The van der Waals surface area contributed by atoms with Gasteiger partial charge >= 0.3 is 11.8 Å². The second-order valence-corrected chi connectivity index (χ2v) is 6.16. The number of rotatable bonds is 4. The van der Waals surface area contributed by atoms with Gasteiger partial charge in [-0.2, -0.15) is 4.98 Å². The van der Waals surface area contributed by atoms with E-state index < -0.39 is 0 Å². The van der Waals surface area contributed by atoms with Crippen LogP contribution in [0.5, 0.6) is 0 Å². The minimum atomic E-state index is -0.148. The van der Waals surface area contributed by atoms with Crippen LogP contribution in [0.3, 0.4) is 0 Å². The van der Waals surface area contributed by atoms with E-state index in [1.165, 1.54) is 5.56 Å². The van der Waals surface area contributed by atoms with Gasteiger partial charge in [-0.25, -0.2) is 0 Å². The van der Waals surface area contributed by atoms with Crippen molar-refractivity contribution in [2.45, 2.75) is 25.3 Å². The topological polar surface area (TPSA) is 75.4 Å². The number of amides is 1. The van der Waals surface area contributed by atoms with E-state index in [1.807, 2.05) is 12.3 Å². The van der Waals surface area contributed by atoms with E-state index in [-0.39, 0.29) is 11.8 Å². The van der Waals surface area contributed by atoms with Crippen molar-refractivity contribution in [1.29, 1.82) is 0 Å². The highest BCUT2D eigenvalue weighted by Crippen LogP contribution is 2.38. The maximum atomic E-state index is 12.4. The molecule has 1 aliphatic carbocycles. The molecular formula is C16H19N5O2. The van der Waals surface area contributed by atoms with Crippen LogP contribution in [0.4, 0.5) is 0 Å². The van der Waals surface area contributed by atoms with Gasteiger partial charge in [-0.1, -0.05) is 11.2 Å². The molecule has 0 spiro atoms. The molecule has 0 aromatic carbocycles. The summed E-state index contributed by atoms with van der Waals surface area (Å²) in [6, 6.07) is 4.02. The van der Waals surface area contributed by atoms with E-state index in [2.05, 4.69) is 26.1 Å². The van der Waals surface area contributed by atoms with Gasteiger partial charge in [0, 0.05) is 51.0 Å². The predicted molar refractivity (Wildman–Crippen MR) is 81.7 cm³/mol. The zero-order valence-electron chi connectivity index (χ0n) is 12.9. The summed E-state index contributed by atoms with van der Waals surface area (Å²) in [5.41, 5.74) is 1.19. The Morgan fingerprint density at radius 3 is 2.78 bits per heavy atom. The van der Waals surface area contributed by atoms with E-state index in [1.54, 1.807) is 11.1 Å². The lowest BCUT2D eigenvalue weighted by Crippen LogP contribution is -2.48. The first-order valence-electron chi connectivity index (χ1n) is 8.04. The summed E-state index contributed by atoms with van der Waals surface area (Å²) in [5, 5.41) is 3.91. The fourth-order valence-electron chi connectivity index (χ4n) is 2.82. The summed E-state index contributed by atoms with van der Waals surface area (Å²) >= 11 is 0. The average molecular weight is 313 g/mol. The second-order valence-electron chi connectivity index (χ2n) is 6.16. The number of hydrogen-bond acceptors (Lipinski definition) is 6. The van der Waals surface area contributed by atoms with E-state index in [9.17, 15) is 4.79 Å². The van der Waals surface area contributed by atoms with Gasteiger partial charge in [-0.05, 0) is 24.5 Å². The minimum absolute atomic E-state index is 0.132. The zero-order chi connectivity index (χ0) is 15.6. The Labute approximate surface area is 134 Å². The third-order valence-corrected chi connectivity index (χ3v) is 4.36. The van der Waals surface area contributed by atoms with Gasteiger partial charge in [0.05, 0.1) is 0 Å². The minimum Gasteiger partial charge on any atom is -0.332 e. The molecule has 1 saturated heterocycles. The van der Waals surface area contributed by atoms with Gasteiger partial charge in [0.15, 0.2) is 5.82 Å². The quantitative estimate of drug-likeness (QED) is 0.847. The lowest BCUT2D eigenvalue weighted by atomic mass is 10.2. The molecule has 0 N–H and O–H groups in total. The Morgan fingerprint density at radius 1 is 1.26 bits per heavy atom. The van der Waals surface area contributed by atoms with Crippen molar-refractivity contribution in [2.75, 3.05) is 26.2 Å². The van der Waals surface area contributed by atoms with E-state index in [4.69, 9.17) is 4.52 Å². The number of nitrogens with zero attached hydrogens (tertiary/aromatic N) is 5. The van der Waals surface area contributed by atoms with Crippen LogP contribution in [0.25, 0.3) is 0 Å². The highest BCUT2D eigenvalue weighted by molar-refractivity contribution is 5.89. The van der Waals surface area contributed by atoms with Crippen LogP contribution in [0.1, 0.15) is 40.8 Å². The molecular weight excluding hydrogens is 294 g/mol. The third-order valence-electron chi connectivity index (χ3n) is 4.36. The van der Waals surface area contributed by atoms with Crippen molar-refractivity contribution in [3.8, 4) is 0 Å². The van der Waals surface area contributed by atoms with Crippen LogP contribution in [0, 0.1) is 0 Å². The first-order valence-corrected chi connectivity index (χ1v) is 8.04. The molecule has 4 rings (SSSR count). The maximum absolute atomic E-state index is 12.4. The normalized spacial score (nSPS) is 19.0. The summed E-state index contributed by atoms with van der Waals surface area (Å²) in [7, 11) is 0. The van der Waals surface area contributed by atoms with Crippen LogP contribution in [0.15, 0.2) is 29.0 Å². The van der Waals surface area contributed by atoms with Crippen molar-refractivity contribution in [2.24, 2.45) is 0 Å². The fourth-order valence-corrected chi connectivity index (χ4v) is 2.82. The Kier molecular flexibility index (Phi) is 3.78. The Balaban J connectivity index is 1.32. The smallest absolute Gasteiger partial charge is 0.316 e. The van der Waals surface area contributed by atoms with Crippen molar-refractivity contribution < 1.29 is 9.32 Å². The van der Waals surface area contributed by atoms with Crippen LogP contribution >= 0.6 is 0 Å². The van der Waals surface area contributed by atoms with Gasteiger partial charge in [-0.15, -0.1) is 0 Å².